The molecule has 0 unspecified atom stereocenters. The lowest BCUT2D eigenvalue weighted by Crippen LogP contribution is -2.54. The summed E-state index contributed by atoms with van der Waals surface area (Å²) < 4.78 is 121. The van der Waals surface area contributed by atoms with Crippen LogP contribution in [-0.4, -0.2) is 55.6 Å². The van der Waals surface area contributed by atoms with Crippen molar-refractivity contribution in [1.29, 1.82) is 0 Å². The third-order valence-electron chi connectivity index (χ3n) is 7.87. The lowest BCUT2D eigenvalue weighted by atomic mass is 9.99. The topological polar surface area (TPSA) is 241 Å². The number of hydrogen-bond acceptors (Lipinski definition) is 7. The number of carbonyl (C=O) groups is 3. The van der Waals surface area contributed by atoms with Crippen molar-refractivity contribution >= 4 is 87.4 Å². The molecule has 0 spiro atoms. The first kappa shape index (κ1) is 44.9. The molecule has 3 aromatic rings. The molecule has 0 saturated heterocycles. The van der Waals surface area contributed by atoms with E-state index in [2.05, 4.69) is 52.7 Å². The Bertz CT molecular complexity index is 2180. The number of nitrogens with one attached hydrogen (secondary N) is 2. The quantitative estimate of drug-likeness (QED) is 0.0568. The molecule has 298 valence electrons. The van der Waals surface area contributed by atoms with Crippen molar-refractivity contribution < 1.29 is 73.8 Å². The minimum atomic E-state index is -6.02. The number of benzene rings is 3. The molecule has 3 aromatic carbocycles. The summed E-state index contributed by atoms with van der Waals surface area (Å²) in [6.07, 6.45) is -6.09. The van der Waals surface area contributed by atoms with E-state index in [0.717, 1.165) is 42.5 Å². The summed E-state index contributed by atoms with van der Waals surface area (Å²) in [4.78, 5) is 76.1. The van der Waals surface area contributed by atoms with E-state index in [1.165, 1.54) is 0 Å². The Morgan fingerprint density at radius 2 is 1.22 bits per heavy atom. The van der Waals surface area contributed by atoms with E-state index < -0.39 is 112 Å². The van der Waals surface area contributed by atoms with Crippen LogP contribution in [0.1, 0.15) is 38.2 Å². The summed E-state index contributed by atoms with van der Waals surface area (Å²) in [5.41, 5.74) is -9.93. The van der Waals surface area contributed by atoms with Gasteiger partial charge in [-0.15, -0.1) is 10.2 Å². The number of nitrogens with two attached hydrogens (primary N) is 1. The van der Waals surface area contributed by atoms with Crippen LogP contribution in [0, 0.1) is 3.57 Å². The van der Waals surface area contributed by atoms with Gasteiger partial charge in [-0.2, -0.15) is 30.7 Å². The molecule has 0 aromatic heterocycles. The van der Waals surface area contributed by atoms with Crippen molar-refractivity contribution in [1.82, 2.24) is 10.6 Å². The van der Waals surface area contributed by atoms with Gasteiger partial charge in [0.05, 0.1) is 0 Å². The van der Waals surface area contributed by atoms with Gasteiger partial charge in [0.25, 0.3) is 5.91 Å². The molecule has 0 fully saturated rings. The van der Waals surface area contributed by atoms with Crippen molar-refractivity contribution in [2.45, 2.75) is 48.1 Å². The normalized spacial score (nSPS) is 15.6. The molecule has 8 N–H and O–H groups in total. The lowest BCUT2D eigenvalue weighted by molar-refractivity contribution is -0.166. The highest BCUT2D eigenvalue weighted by Crippen LogP contribution is 2.61. The zero-order chi connectivity index (χ0) is 41.7. The standard InChI is InChI=1S/C29H23Br2F7IN5O9P2/c30-19-5-12(1-3-17(19)27(32,33)54(48,49)50)7-21(23(40)45)41-25(47)22(8-13-2-4-18(20(31)6-13)28(34,35)55(51,52)53)42-24(46)14-9-15(11-16(39)10-14)26(43-44-26)29(36,37)38/h1-6,9-11,21-22H,7-8H2,(H2,40,45)(H,41,47)(H,42,46)(H2,48,49,50)(H2,51,52,53)/t21-,22-/m0/s1. The summed E-state index contributed by atoms with van der Waals surface area (Å²) in [7, 11) is -12.0. The number of rotatable bonds is 14. The van der Waals surface area contributed by atoms with Crippen molar-refractivity contribution in [2.24, 2.45) is 16.0 Å². The van der Waals surface area contributed by atoms with E-state index in [9.17, 15) is 54.2 Å². The van der Waals surface area contributed by atoms with Gasteiger partial charge in [0.15, 0.2) is 0 Å². The summed E-state index contributed by atoms with van der Waals surface area (Å²) in [5.74, 6) is -3.54. The van der Waals surface area contributed by atoms with E-state index in [4.69, 9.17) is 25.3 Å². The number of alkyl halides is 7. The number of hydrogen-bond donors (Lipinski definition) is 7. The van der Waals surface area contributed by atoms with Crippen LogP contribution < -0.4 is 16.4 Å². The average Bonchev–Trinajstić information content (AvgIpc) is 3.85. The van der Waals surface area contributed by atoms with Gasteiger partial charge in [-0.25, -0.2) is 0 Å². The maximum atomic E-state index is 14.5. The number of carbonyl (C=O) groups excluding carboxylic acids is 3. The molecule has 4 rings (SSSR count). The molecule has 1 aliphatic rings. The van der Waals surface area contributed by atoms with Crippen LogP contribution in [0.15, 0.2) is 73.8 Å². The molecule has 3 amide bonds. The predicted octanol–water partition coefficient (Wildman–Crippen LogP) is 6.01. The summed E-state index contributed by atoms with van der Waals surface area (Å²) in [6, 6.07) is 4.67. The van der Waals surface area contributed by atoms with Crippen LogP contribution in [0.4, 0.5) is 30.7 Å². The highest BCUT2D eigenvalue weighted by atomic mass is 127. The lowest BCUT2D eigenvalue weighted by Gasteiger charge is -2.24. The average molecular weight is 1070 g/mol. The summed E-state index contributed by atoms with van der Waals surface area (Å²) in [5, 5.41) is 10.7. The Morgan fingerprint density at radius 3 is 1.60 bits per heavy atom. The van der Waals surface area contributed by atoms with Crippen LogP contribution in [-0.2, 0) is 48.6 Å². The molecular weight excluding hydrogens is 1040 g/mol. The Hall–Kier alpha value is -2.83. The molecule has 0 bridgehead atoms. The first-order chi connectivity index (χ1) is 25.0. The Labute approximate surface area is 334 Å². The van der Waals surface area contributed by atoms with Crippen LogP contribution in [0.25, 0.3) is 0 Å². The second-order valence-corrected chi connectivity index (χ2v) is 18.0. The maximum absolute atomic E-state index is 14.5. The summed E-state index contributed by atoms with van der Waals surface area (Å²) >= 11 is 7.21. The number of primary amides is 1. The number of halogens is 10. The first-order valence-electron chi connectivity index (χ1n) is 14.7. The minimum Gasteiger partial charge on any atom is -0.368 e. The van der Waals surface area contributed by atoms with Gasteiger partial charge in [0.1, 0.15) is 12.1 Å². The van der Waals surface area contributed by atoms with E-state index in [0.29, 0.717) is 12.1 Å². The van der Waals surface area contributed by atoms with Gasteiger partial charge in [-0.05, 0) is 64.0 Å². The van der Waals surface area contributed by atoms with Gasteiger partial charge in [-0.1, -0.05) is 56.1 Å². The van der Waals surface area contributed by atoms with E-state index in [1.807, 2.05) is 0 Å². The molecule has 0 saturated carbocycles. The largest absolute Gasteiger partial charge is 0.442 e. The predicted molar refractivity (Wildman–Crippen MR) is 192 cm³/mol. The fraction of sp³-hybridized carbons (Fsp3) is 0.276. The Balaban J connectivity index is 1.68. The Morgan fingerprint density at radius 1 is 0.764 bits per heavy atom. The van der Waals surface area contributed by atoms with Gasteiger partial charge >= 0.3 is 38.4 Å². The SMILES string of the molecule is NC(=O)[C@H](Cc1ccc(C(F)(F)P(=O)(O)O)c(Br)c1)NC(=O)[C@H](Cc1ccc(C(F)(F)P(=O)(O)O)c(Br)c1)NC(=O)c1cc(I)cc(C2(C(F)(F)F)N=N2)c1. The van der Waals surface area contributed by atoms with Crippen LogP contribution in [0.3, 0.4) is 0 Å². The van der Waals surface area contributed by atoms with Gasteiger partial charge in [0, 0.05) is 47.6 Å². The smallest absolute Gasteiger partial charge is 0.368 e. The van der Waals surface area contributed by atoms with Crippen LogP contribution >= 0.6 is 69.6 Å². The number of nitrogens with zero attached hydrogens (tertiary/aromatic N) is 2. The third kappa shape index (κ3) is 9.66. The maximum Gasteiger partial charge on any atom is 0.442 e. The van der Waals surface area contributed by atoms with Crippen LogP contribution in [0.5, 0.6) is 0 Å². The molecule has 0 aliphatic carbocycles. The Kier molecular flexibility index (Phi) is 12.9. The van der Waals surface area contributed by atoms with Crippen molar-refractivity contribution in [3.63, 3.8) is 0 Å². The summed E-state index contributed by atoms with van der Waals surface area (Å²) in [6.45, 7) is 0. The fourth-order valence-corrected chi connectivity index (χ4v) is 8.30. The fourth-order valence-electron chi connectivity index (χ4n) is 4.95. The molecule has 1 heterocycles. The monoisotopic (exact) mass is 1060 g/mol. The molecule has 26 heteroatoms. The van der Waals surface area contributed by atoms with Crippen molar-refractivity contribution in [3.05, 3.63) is 100 Å². The zero-order valence-corrected chi connectivity index (χ0v) is 33.9. The first-order valence-corrected chi connectivity index (χ1v) is 20.6. The van der Waals surface area contributed by atoms with E-state index in [-0.39, 0.29) is 14.7 Å². The molecule has 0 radical (unpaired) electrons. The van der Waals surface area contributed by atoms with Gasteiger partial charge < -0.3 is 35.9 Å². The van der Waals surface area contributed by atoms with Crippen molar-refractivity contribution in [3.8, 4) is 0 Å². The highest BCUT2D eigenvalue weighted by Gasteiger charge is 2.65. The van der Waals surface area contributed by atoms with E-state index in [1.54, 1.807) is 22.6 Å². The second-order valence-electron chi connectivity index (χ2n) is 11.8. The van der Waals surface area contributed by atoms with Crippen molar-refractivity contribution in [2.75, 3.05) is 0 Å². The third-order valence-corrected chi connectivity index (χ3v) is 11.7. The van der Waals surface area contributed by atoms with Gasteiger partial charge in [0.2, 0.25) is 11.8 Å². The van der Waals surface area contributed by atoms with Crippen LogP contribution in [0.2, 0.25) is 0 Å². The number of amides is 3. The van der Waals surface area contributed by atoms with Gasteiger partial charge in [-0.3, -0.25) is 23.5 Å². The highest BCUT2D eigenvalue weighted by molar-refractivity contribution is 14.1. The zero-order valence-electron chi connectivity index (χ0n) is 26.7. The van der Waals surface area contributed by atoms with E-state index >= 15 is 0 Å². The molecule has 1 aliphatic heterocycles. The second kappa shape index (κ2) is 15.8. The molecule has 55 heavy (non-hydrogen) atoms. The minimum absolute atomic E-state index is 0.0215. The molecule has 2 atom stereocenters. The molecular formula is C29H23Br2F7IN5O9P2. The molecule has 14 nitrogen and oxygen atoms in total.